The molecule has 2 unspecified atom stereocenters. The number of halogens is 2. The predicted molar refractivity (Wildman–Crippen MR) is 139 cm³/mol. The minimum atomic E-state index is -0.264. The highest BCUT2D eigenvalue weighted by Gasteiger charge is 2.27. The number of fused-ring (bicyclic) bond motifs is 1. The second kappa shape index (κ2) is 11.8. The topological polar surface area (TPSA) is 55.8 Å². The molecule has 0 spiro atoms. The Morgan fingerprint density at radius 3 is 2.78 bits per heavy atom. The maximum Gasteiger partial charge on any atom is 0.191 e. The molecular weight excluding hydrogens is 518 g/mol. The van der Waals surface area contributed by atoms with Gasteiger partial charge in [0, 0.05) is 58.1 Å². The molecule has 0 saturated carbocycles. The molecular formula is C24H34FIN6. The van der Waals surface area contributed by atoms with Crippen molar-refractivity contribution in [3.63, 3.8) is 0 Å². The number of nitrogens with one attached hydrogen (secondary N) is 2. The Hall–Kier alpha value is -1.94. The summed E-state index contributed by atoms with van der Waals surface area (Å²) in [5, 5.41) is 7.03. The Bertz CT molecular complexity index is 908. The molecule has 1 fully saturated rings. The first-order valence-corrected chi connectivity index (χ1v) is 11.3. The van der Waals surface area contributed by atoms with Gasteiger partial charge in [-0.05, 0) is 42.5 Å². The lowest BCUT2D eigenvalue weighted by molar-refractivity contribution is 0.174. The molecule has 174 valence electrons. The zero-order chi connectivity index (χ0) is 21.6. The first-order valence-electron chi connectivity index (χ1n) is 11.3. The summed E-state index contributed by atoms with van der Waals surface area (Å²) < 4.78 is 14.1. The van der Waals surface area contributed by atoms with E-state index in [1.807, 2.05) is 4.90 Å². The minimum Gasteiger partial charge on any atom is -0.355 e. The van der Waals surface area contributed by atoms with Gasteiger partial charge in [0.25, 0.3) is 0 Å². The molecule has 2 atom stereocenters. The molecule has 1 saturated heterocycles. The highest BCUT2D eigenvalue weighted by Crippen LogP contribution is 2.22. The van der Waals surface area contributed by atoms with Gasteiger partial charge in [-0.25, -0.2) is 9.37 Å². The van der Waals surface area contributed by atoms with Crippen molar-refractivity contribution in [3.05, 3.63) is 59.5 Å². The summed E-state index contributed by atoms with van der Waals surface area (Å²) in [4.78, 5) is 13.2. The number of pyridine rings is 1. The molecule has 8 heteroatoms. The third-order valence-electron chi connectivity index (χ3n) is 6.44. The van der Waals surface area contributed by atoms with Crippen LogP contribution in [0, 0.1) is 5.82 Å². The summed E-state index contributed by atoms with van der Waals surface area (Å²) in [5.41, 5.74) is 2.93. The fourth-order valence-electron chi connectivity index (χ4n) is 4.64. The van der Waals surface area contributed by atoms with Crippen LogP contribution in [0.1, 0.15) is 30.9 Å². The Morgan fingerprint density at radius 1 is 1.22 bits per heavy atom. The molecule has 4 rings (SSSR count). The van der Waals surface area contributed by atoms with Gasteiger partial charge >= 0.3 is 0 Å². The second-order valence-electron chi connectivity index (χ2n) is 8.39. The summed E-state index contributed by atoms with van der Waals surface area (Å²) >= 11 is 0. The van der Waals surface area contributed by atoms with Crippen LogP contribution in [0.5, 0.6) is 0 Å². The average molecular weight is 552 g/mol. The van der Waals surface area contributed by atoms with E-state index < -0.39 is 0 Å². The van der Waals surface area contributed by atoms with Crippen LogP contribution < -0.4 is 15.5 Å². The quantitative estimate of drug-likeness (QED) is 0.327. The number of aliphatic imine (C=N–C) groups is 1. The third kappa shape index (κ3) is 5.89. The second-order valence-corrected chi connectivity index (χ2v) is 8.39. The van der Waals surface area contributed by atoms with Gasteiger partial charge in [-0.2, -0.15) is 0 Å². The number of benzene rings is 1. The minimum absolute atomic E-state index is 0. The van der Waals surface area contributed by atoms with Gasteiger partial charge in [-0.1, -0.05) is 31.2 Å². The Labute approximate surface area is 207 Å². The van der Waals surface area contributed by atoms with E-state index in [0.29, 0.717) is 11.9 Å². The molecule has 0 radical (unpaired) electrons. The standard InChI is InChI=1S/C24H33FN6.HI/c1-3-21(30-13-10-18-7-4-5-8-19(18)16-30)15-28-24(26-2)29-20-11-14-31(17-20)23-22(25)9-6-12-27-23;/h4-9,12,20-21H,3,10-11,13-17H2,1-2H3,(H2,26,28,29);1H. The van der Waals surface area contributed by atoms with Crippen molar-refractivity contribution < 1.29 is 4.39 Å². The molecule has 6 nitrogen and oxygen atoms in total. The number of rotatable bonds is 6. The normalized spacial score (nSPS) is 19.8. The lowest BCUT2D eigenvalue weighted by Gasteiger charge is -2.35. The van der Waals surface area contributed by atoms with Gasteiger partial charge in [0.2, 0.25) is 0 Å². The van der Waals surface area contributed by atoms with Crippen LogP contribution in [-0.2, 0) is 13.0 Å². The number of hydrogen-bond acceptors (Lipinski definition) is 4. The SMILES string of the molecule is CCC(CNC(=NC)NC1CCN(c2ncccc2F)C1)N1CCc2ccccc2C1.I. The molecule has 1 aromatic heterocycles. The third-order valence-corrected chi connectivity index (χ3v) is 6.44. The van der Waals surface area contributed by atoms with Gasteiger partial charge in [-0.15, -0.1) is 24.0 Å². The van der Waals surface area contributed by atoms with Crippen LogP contribution in [0.3, 0.4) is 0 Å². The zero-order valence-corrected chi connectivity index (χ0v) is 21.3. The highest BCUT2D eigenvalue weighted by atomic mass is 127. The summed E-state index contributed by atoms with van der Waals surface area (Å²) in [5.74, 6) is 0.981. The molecule has 2 N–H and O–H groups in total. The van der Waals surface area contributed by atoms with Crippen molar-refractivity contribution in [3.8, 4) is 0 Å². The maximum atomic E-state index is 14.1. The highest BCUT2D eigenvalue weighted by molar-refractivity contribution is 14.0. The average Bonchev–Trinajstić information content (AvgIpc) is 3.27. The number of nitrogens with zero attached hydrogens (tertiary/aromatic N) is 4. The summed E-state index contributed by atoms with van der Waals surface area (Å²) in [6.45, 7) is 6.71. The Kier molecular flexibility index (Phi) is 9.10. The number of anilines is 1. The fraction of sp³-hybridized carbons (Fsp3) is 0.500. The van der Waals surface area contributed by atoms with E-state index in [1.165, 1.54) is 17.2 Å². The van der Waals surface area contributed by atoms with E-state index in [0.717, 1.165) is 57.9 Å². The van der Waals surface area contributed by atoms with Crippen molar-refractivity contribution in [2.24, 2.45) is 4.99 Å². The molecule has 3 heterocycles. The van der Waals surface area contributed by atoms with E-state index >= 15 is 0 Å². The molecule has 2 aliphatic rings. The van der Waals surface area contributed by atoms with Crippen molar-refractivity contribution >= 4 is 35.8 Å². The first kappa shape index (κ1) is 24.7. The van der Waals surface area contributed by atoms with E-state index in [-0.39, 0.29) is 35.8 Å². The van der Waals surface area contributed by atoms with E-state index in [2.05, 4.69) is 56.7 Å². The molecule has 0 amide bonds. The van der Waals surface area contributed by atoms with Crippen LogP contribution in [0.25, 0.3) is 0 Å². The molecule has 32 heavy (non-hydrogen) atoms. The summed E-state index contributed by atoms with van der Waals surface area (Å²) in [6, 6.07) is 12.5. The zero-order valence-electron chi connectivity index (χ0n) is 18.9. The molecule has 2 aliphatic heterocycles. The first-order chi connectivity index (χ1) is 15.2. The lowest BCUT2D eigenvalue weighted by Crippen LogP contribution is -2.50. The number of guanidine groups is 1. The van der Waals surface area contributed by atoms with Crippen molar-refractivity contribution in [1.29, 1.82) is 0 Å². The van der Waals surface area contributed by atoms with Crippen molar-refractivity contribution in [2.75, 3.05) is 38.1 Å². The van der Waals surface area contributed by atoms with Gasteiger partial charge in [0.15, 0.2) is 17.6 Å². The Morgan fingerprint density at radius 2 is 2.03 bits per heavy atom. The molecule has 0 bridgehead atoms. The van der Waals surface area contributed by atoms with Crippen LogP contribution >= 0.6 is 24.0 Å². The van der Waals surface area contributed by atoms with Crippen molar-refractivity contribution in [2.45, 2.75) is 44.8 Å². The van der Waals surface area contributed by atoms with Gasteiger partial charge in [0.1, 0.15) is 0 Å². The smallest absolute Gasteiger partial charge is 0.191 e. The Balaban J connectivity index is 0.00000289. The van der Waals surface area contributed by atoms with Crippen LogP contribution in [0.4, 0.5) is 10.2 Å². The van der Waals surface area contributed by atoms with Gasteiger partial charge in [0.05, 0.1) is 0 Å². The predicted octanol–water partition coefficient (Wildman–Crippen LogP) is 3.42. The van der Waals surface area contributed by atoms with Gasteiger partial charge in [-0.3, -0.25) is 9.89 Å². The molecule has 2 aromatic rings. The number of aromatic nitrogens is 1. The lowest BCUT2D eigenvalue weighted by atomic mass is 9.98. The van der Waals surface area contributed by atoms with Gasteiger partial charge < -0.3 is 15.5 Å². The van der Waals surface area contributed by atoms with E-state index in [1.54, 1.807) is 19.3 Å². The van der Waals surface area contributed by atoms with Crippen LogP contribution in [0.2, 0.25) is 0 Å². The fourth-order valence-corrected chi connectivity index (χ4v) is 4.64. The molecule has 0 aliphatic carbocycles. The van der Waals surface area contributed by atoms with Crippen molar-refractivity contribution in [1.82, 2.24) is 20.5 Å². The van der Waals surface area contributed by atoms with Crippen LogP contribution in [0.15, 0.2) is 47.6 Å². The largest absolute Gasteiger partial charge is 0.355 e. The number of hydrogen-bond donors (Lipinski definition) is 2. The van der Waals surface area contributed by atoms with E-state index in [4.69, 9.17) is 0 Å². The van der Waals surface area contributed by atoms with Crippen LogP contribution in [-0.4, -0.2) is 61.2 Å². The van der Waals surface area contributed by atoms with E-state index in [9.17, 15) is 4.39 Å². The monoisotopic (exact) mass is 552 g/mol. The summed E-state index contributed by atoms with van der Waals surface area (Å²) in [6.07, 6.45) is 4.77. The summed E-state index contributed by atoms with van der Waals surface area (Å²) in [7, 11) is 1.80. The maximum absolute atomic E-state index is 14.1. The molecule has 1 aromatic carbocycles.